The van der Waals surface area contributed by atoms with Crippen LogP contribution in [0.5, 0.6) is 0 Å². The summed E-state index contributed by atoms with van der Waals surface area (Å²) in [5, 5.41) is 0. The molecule has 4 bridgehead atoms. The van der Waals surface area contributed by atoms with Crippen molar-refractivity contribution in [3.63, 3.8) is 0 Å². The quantitative estimate of drug-likeness (QED) is 0.591. The van der Waals surface area contributed by atoms with Crippen LogP contribution in [-0.4, -0.2) is 0 Å². The van der Waals surface area contributed by atoms with Gasteiger partial charge in [-0.2, -0.15) is 0 Å². The average Bonchev–Trinajstić information content (AvgIpc) is 2.89. The van der Waals surface area contributed by atoms with Crippen molar-refractivity contribution in [3.8, 4) is 0 Å². The Morgan fingerprint density at radius 3 is 1.48 bits per heavy atom. The molecular weight excluding hydrogens is 335 g/mol. The molecule has 1 fully saturated rings. The summed E-state index contributed by atoms with van der Waals surface area (Å²) in [6, 6.07) is 0. The van der Waals surface area contributed by atoms with Gasteiger partial charge in [0.15, 0.2) is 0 Å². The molecule has 0 aromatic rings. The molecule has 0 atom stereocenters. The monoisotopic (exact) mass is 358 g/mol. The van der Waals surface area contributed by atoms with E-state index in [9.17, 15) is 0 Å². The topological polar surface area (TPSA) is 0 Å². The molecule has 21 heavy (non-hydrogen) atoms. The smallest absolute Gasteiger partial charge is 1.00 e. The molecule has 0 amide bonds. The Kier molecular flexibility index (Phi) is 7.07. The van der Waals surface area contributed by atoms with Crippen LogP contribution in [-0.2, 0) is 19.2 Å². The van der Waals surface area contributed by atoms with Crippen molar-refractivity contribution in [2.45, 2.75) is 66.2 Å². The van der Waals surface area contributed by atoms with E-state index in [-0.39, 0.29) is 44.0 Å². The van der Waals surface area contributed by atoms with Crippen LogP contribution in [0.3, 0.4) is 0 Å². The molecule has 1 saturated heterocycles. The van der Waals surface area contributed by atoms with E-state index >= 15 is 0 Å². The van der Waals surface area contributed by atoms with Crippen molar-refractivity contribution in [1.82, 2.24) is 0 Å². The molecule has 3 heteroatoms. The first kappa shape index (κ1) is 19.3. The van der Waals surface area contributed by atoms with Crippen molar-refractivity contribution in [1.29, 1.82) is 0 Å². The molecule has 2 aliphatic carbocycles. The molecule has 0 aromatic heterocycles. The largest absolute Gasteiger partial charge is 1.00 e. The molecule has 0 aromatic carbocycles. The molecule has 3 aliphatic rings. The number of hydrogen-bond acceptors (Lipinski definition) is 0. The summed E-state index contributed by atoms with van der Waals surface area (Å²) < 4.78 is 3.69. The van der Waals surface area contributed by atoms with E-state index in [1.165, 1.54) is 38.5 Å². The van der Waals surface area contributed by atoms with Crippen molar-refractivity contribution in [2.24, 2.45) is 0 Å². The first-order valence-corrected chi connectivity index (χ1v) is 9.30. The van der Waals surface area contributed by atoms with Crippen LogP contribution in [0.15, 0.2) is 41.2 Å². The Bertz CT molecular complexity index is 512. The fourth-order valence-corrected chi connectivity index (χ4v) is 6.64. The van der Waals surface area contributed by atoms with Gasteiger partial charge in [0.2, 0.25) is 0 Å². The Labute approximate surface area is 151 Å². The first-order valence-electron chi connectivity index (χ1n) is 7.74. The Balaban J connectivity index is 0.00000110. The van der Waals surface area contributed by atoms with E-state index in [0.29, 0.717) is 0 Å². The van der Waals surface area contributed by atoms with E-state index < -0.39 is 0 Å². The van der Waals surface area contributed by atoms with E-state index in [2.05, 4.69) is 27.7 Å². The number of allylic oxidation sites excluding steroid dienone is 8. The predicted molar refractivity (Wildman–Crippen MR) is 78.5 cm³/mol. The Hall–Kier alpha value is 0.254. The van der Waals surface area contributed by atoms with Gasteiger partial charge in [-0.25, -0.2) is 0 Å². The molecule has 114 valence electrons. The van der Waals surface area contributed by atoms with E-state index in [0.717, 1.165) is 0 Å². The Morgan fingerprint density at radius 1 is 0.762 bits per heavy atom. The minimum atomic E-state index is -0.0198. The van der Waals surface area contributed by atoms with E-state index in [4.69, 9.17) is 0 Å². The maximum atomic E-state index is 2.40. The van der Waals surface area contributed by atoms with Gasteiger partial charge >= 0.3 is 127 Å². The van der Waals surface area contributed by atoms with E-state index in [1.54, 1.807) is 33.4 Å². The first-order chi connectivity index (χ1) is 9.15. The van der Waals surface area contributed by atoms with Gasteiger partial charge in [-0.1, -0.05) is 0 Å². The molecule has 1 aliphatic heterocycles. The SMILES string of the molecule is CCC1=C2CCC3=C(CC)C(C)=[C](C3)[Ti+2][C](=C1C)C2.[Cl-].[Cl-]. The van der Waals surface area contributed by atoms with Crippen molar-refractivity contribution in [2.75, 3.05) is 0 Å². The van der Waals surface area contributed by atoms with Gasteiger partial charge < -0.3 is 24.8 Å². The van der Waals surface area contributed by atoms with Gasteiger partial charge in [0.25, 0.3) is 0 Å². The fraction of sp³-hybridized carbons (Fsp3) is 0.556. The zero-order chi connectivity index (χ0) is 13.6. The molecule has 0 nitrogen and oxygen atoms in total. The fourth-order valence-electron chi connectivity index (χ4n) is 4.07. The van der Waals surface area contributed by atoms with Crippen molar-refractivity contribution in [3.05, 3.63) is 41.2 Å². The van der Waals surface area contributed by atoms with Crippen LogP contribution in [0.4, 0.5) is 0 Å². The van der Waals surface area contributed by atoms with Gasteiger partial charge in [-0.05, 0) is 0 Å². The minimum Gasteiger partial charge on any atom is -1.00 e. The number of hydrogen-bond donors (Lipinski definition) is 0. The Morgan fingerprint density at radius 2 is 1.14 bits per heavy atom. The number of rotatable bonds is 2. The number of halogens is 2. The van der Waals surface area contributed by atoms with Crippen LogP contribution in [0, 0.1) is 0 Å². The molecule has 3 rings (SSSR count). The average molecular weight is 359 g/mol. The van der Waals surface area contributed by atoms with Crippen LogP contribution >= 0.6 is 0 Å². The standard InChI is InChI=1S/C18H24.2ClH.Ti/c1-5-17-13(3)7-9-15(17)11-12-16-10-8-14(4)18(16)6-2;;;/h5-6,9-12H2,1-4H3;2*1H;/q;;;+2/p-2. The van der Waals surface area contributed by atoms with E-state index in [1.807, 2.05) is 7.76 Å². The molecule has 0 spiro atoms. The van der Waals surface area contributed by atoms with Crippen LogP contribution in [0.1, 0.15) is 66.2 Å². The normalized spacial score (nSPS) is 20.4. The second kappa shape index (κ2) is 7.69. The van der Waals surface area contributed by atoms with Gasteiger partial charge in [-0.3, -0.25) is 0 Å². The van der Waals surface area contributed by atoms with Gasteiger partial charge in [0.1, 0.15) is 0 Å². The molecular formula is C18H24Cl2Ti. The van der Waals surface area contributed by atoms with Crippen LogP contribution in [0.2, 0.25) is 0 Å². The molecule has 0 saturated carbocycles. The third-order valence-corrected chi connectivity index (χ3v) is 7.85. The van der Waals surface area contributed by atoms with Gasteiger partial charge in [0.05, 0.1) is 0 Å². The summed E-state index contributed by atoms with van der Waals surface area (Å²) in [7, 11) is 0. The van der Waals surface area contributed by atoms with Crippen LogP contribution in [0.25, 0.3) is 0 Å². The maximum absolute atomic E-state index is 2.40. The third kappa shape index (κ3) is 3.30. The minimum absolute atomic E-state index is 0. The second-order valence-corrected chi connectivity index (χ2v) is 8.33. The maximum Gasteiger partial charge on any atom is -1.00 e. The van der Waals surface area contributed by atoms with Gasteiger partial charge in [0, 0.05) is 0 Å². The zero-order valence-electron chi connectivity index (χ0n) is 13.5. The summed E-state index contributed by atoms with van der Waals surface area (Å²) in [4.78, 5) is 0. The molecule has 1 heterocycles. The summed E-state index contributed by atoms with van der Waals surface area (Å²) in [6.45, 7) is 9.46. The predicted octanol–water partition coefficient (Wildman–Crippen LogP) is -0.361. The van der Waals surface area contributed by atoms with Gasteiger partial charge in [-0.15, -0.1) is 0 Å². The van der Waals surface area contributed by atoms with Crippen molar-refractivity contribution < 1.29 is 44.0 Å². The zero-order valence-corrected chi connectivity index (χ0v) is 16.6. The van der Waals surface area contributed by atoms with Crippen LogP contribution < -0.4 is 24.8 Å². The molecule has 0 unspecified atom stereocenters. The third-order valence-electron chi connectivity index (χ3n) is 5.18. The summed E-state index contributed by atoms with van der Waals surface area (Å²) in [6.07, 6.45) is 7.81. The molecule has 0 N–H and O–H groups in total. The number of fused-ring (bicyclic) bond motifs is 4. The second-order valence-electron chi connectivity index (χ2n) is 6.06. The van der Waals surface area contributed by atoms with Crippen molar-refractivity contribution >= 4 is 0 Å². The summed E-state index contributed by atoms with van der Waals surface area (Å²) >= 11 is -0.0198. The summed E-state index contributed by atoms with van der Waals surface area (Å²) in [5.74, 6) is 0. The molecule has 0 radical (unpaired) electrons. The summed E-state index contributed by atoms with van der Waals surface area (Å²) in [5.41, 5.74) is 10.4.